The molecule has 0 saturated carbocycles. The van der Waals surface area contributed by atoms with Crippen LogP contribution in [0.3, 0.4) is 0 Å². The maximum absolute atomic E-state index is 12.1. The molecule has 0 spiro atoms. The molecule has 1 amide bonds. The van der Waals surface area contributed by atoms with Gasteiger partial charge in [-0.25, -0.2) is 4.68 Å². The number of hydrogen-bond acceptors (Lipinski definition) is 6. The van der Waals surface area contributed by atoms with E-state index in [0.29, 0.717) is 5.76 Å². The molecule has 3 N–H and O–H groups in total. The average molecular weight is 335 g/mol. The van der Waals surface area contributed by atoms with Gasteiger partial charge >= 0.3 is 6.18 Å². The van der Waals surface area contributed by atoms with Crippen LogP contribution in [0.1, 0.15) is 6.92 Å². The second kappa shape index (κ2) is 6.30. The van der Waals surface area contributed by atoms with E-state index in [-0.39, 0.29) is 11.0 Å². The van der Waals surface area contributed by atoms with Crippen LogP contribution in [0.25, 0.3) is 11.6 Å². The van der Waals surface area contributed by atoms with Crippen molar-refractivity contribution in [1.82, 2.24) is 20.2 Å². The molecule has 1 unspecified atom stereocenters. The minimum atomic E-state index is -4.46. The number of alkyl halides is 3. The van der Waals surface area contributed by atoms with Crippen molar-refractivity contribution in [3.8, 4) is 11.6 Å². The summed E-state index contributed by atoms with van der Waals surface area (Å²) in [5, 5.41) is 8.76. The lowest BCUT2D eigenvalue weighted by atomic mass is 10.4. The van der Waals surface area contributed by atoms with Crippen LogP contribution < -0.4 is 11.2 Å². The average Bonchev–Trinajstić information content (AvgIpc) is 3.06. The molecule has 2 aromatic rings. The molecule has 1 atom stereocenters. The van der Waals surface area contributed by atoms with Crippen LogP contribution >= 0.6 is 11.8 Å². The highest BCUT2D eigenvalue weighted by atomic mass is 32.2. The molecule has 0 aliphatic heterocycles. The van der Waals surface area contributed by atoms with E-state index in [4.69, 9.17) is 10.3 Å². The molecule has 11 heteroatoms. The molecule has 0 saturated heterocycles. The van der Waals surface area contributed by atoms with Crippen molar-refractivity contribution in [2.45, 2.75) is 23.5 Å². The number of hydrogen-bond donors (Lipinski definition) is 2. The Bertz CT molecular complexity index is 641. The third-order valence-corrected chi connectivity index (χ3v) is 3.58. The molecule has 2 aromatic heterocycles. The van der Waals surface area contributed by atoms with Crippen molar-refractivity contribution in [2.75, 3.05) is 12.4 Å². The second-order valence-corrected chi connectivity index (χ2v) is 5.55. The van der Waals surface area contributed by atoms with Crippen molar-refractivity contribution in [2.24, 2.45) is 0 Å². The number of furan rings is 1. The molecule has 120 valence electrons. The number of nitrogen functional groups attached to an aromatic ring is 1. The molecule has 2 heterocycles. The monoisotopic (exact) mass is 335 g/mol. The van der Waals surface area contributed by atoms with Crippen LogP contribution in [-0.2, 0) is 4.79 Å². The van der Waals surface area contributed by atoms with Crippen molar-refractivity contribution < 1.29 is 22.4 Å². The lowest BCUT2D eigenvalue weighted by Crippen LogP contribution is -2.38. The SMILES string of the molecule is CC(Sc1nnc(-c2ccco2)n1N)C(=O)NCC(F)(F)F. The van der Waals surface area contributed by atoms with E-state index < -0.39 is 23.9 Å². The van der Waals surface area contributed by atoms with Crippen LogP contribution in [-0.4, -0.2) is 38.8 Å². The number of halogens is 3. The zero-order valence-corrected chi connectivity index (χ0v) is 12.1. The summed E-state index contributed by atoms with van der Waals surface area (Å²) in [6.07, 6.45) is -3.02. The largest absolute Gasteiger partial charge is 0.461 e. The number of amides is 1. The van der Waals surface area contributed by atoms with Gasteiger partial charge in [0.1, 0.15) is 6.54 Å². The summed E-state index contributed by atoms with van der Waals surface area (Å²) in [5.41, 5.74) is 0. The Morgan fingerprint density at radius 2 is 2.27 bits per heavy atom. The maximum Gasteiger partial charge on any atom is 0.405 e. The Balaban J connectivity index is 2.00. The van der Waals surface area contributed by atoms with Gasteiger partial charge in [-0.05, 0) is 19.1 Å². The second-order valence-electron chi connectivity index (χ2n) is 4.25. The van der Waals surface area contributed by atoms with E-state index in [1.54, 1.807) is 17.4 Å². The van der Waals surface area contributed by atoms with E-state index in [0.717, 1.165) is 16.4 Å². The molecule has 0 aliphatic rings. The first-order valence-electron chi connectivity index (χ1n) is 6.03. The molecular formula is C11H12F3N5O2S. The van der Waals surface area contributed by atoms with Gasteiger partial charge in [-0.1, -0.05) is 11.8 Å². The van der Waals surface area contributed by atoms with E-state index in [2.05, 4.69) is 10.2 Å². The lowest BCUT2D eigenvalue weighted by Gasteiger charge is -2.12. The first kappa shape index (κ1) is 16.2. The summed E-state index contributed by atoms with van der Waals surface area (Å²) in [6, 6.07) is 3.27. The third kappa shape index (κ3) is 3.93. The number of thioether (sulfide) groups is 1. The van der Waals surface area contributed by atoms with Gasteiger partial charge in [0.25, 0.3) is 0 Å². The summed E-state index contributed by atoms with van der Waals surface area (Å²) in [4.78, 5) is 11.6. The molecule has 0 aliphatic carbocycles. The van der Waals surface area contributed by atoms with Crippen LogP contribution in [0, 0.1) is 0 Å². The summed E-state index contributed by atoms with van der Waals surface area (Å²) < 4.78 is 42.4. The Hall–Kier alpha value is -2.17. The smallest absolute Gasteiger partial charge is 0.405 e. The van der Waals surface area contributed by atoms with Gasteiger partial charge in [-0.2, -0.15) is 13.2 Å². The third-order valence-electron chi connectivity index (χ3n) is 2.52. The Morgan fingerprint density at radius 1 is 1.55 bits per heavy atom. The van der Waals surface area contributed by atoms with E-state index in [1.807, 2.05) is 0 Å². The number of carbonyl (C=O) groups excluding carboxylic acids is 1. The molecule has 2 rings (SSSR count). The Morgan fingerprint density at radius 3 is 2.86 bits per heavy atom. The van der Waals surface area contributed by atoms with Gasteiger partial charge in [0.05, 0.1) is 11.5 Å². The molecular weight excluding hydrogens is 323 g/mol. The highest BCUT2D eigenvalue weighted by Gasteiger charge is 2.29. The first-order chi connectivity index (χ1) is 10.3. The number of rotatable bonds is 5. The quantitative estimate of drug-likeness (QED) is 0.633. The molecule has 0 aromatic carbocycles. The van der Waals surface area contributed by atoms with Crippen LogP contribution in [0.4, 0.5) is 13.2 Å². The zero-order chi connectivity index (χ0) is 16.3. The molecule has 7 nitrogen and oxygen atoms in total. The Labute approximate surface area is 127 Å². The minimum Gasteiger partial charge on any atom is -0.461 e. The fourth-order valence-corrected chi connectivity index (χ4v) is 2.27. The van der Waals surface area contributed by atoms with Crippen LogP contribution in [0.5, 0.6) is 0 Å². The zero-order valence-electron chi connectivity index (χ0n) is 11.3. The fraction of sp³-hybridized carbons (Fsp3) is 0.364. The first-order valence-corrected chi connectivity index (χ1v) is 6.91. The summed E-state index contributed by atoms with van der Waals surface area (Å²) in [7, 11) is 0. The van der Waals surface area contributed by atoms with Crippen molar-refractivity contribution >= 4 is 17.7 Å². The molecule has 0 fully saturated rings. The topological polar surface area (TPSA) is 99.0 Å². The van der Waals surface area contributed by atoms with Crippen LogP contribution in [0.2, 0.25) is 0 Å². The number of nitrogens with zero attached hydrogens (tertiary/aromatic N) is 3. The number of carbonyl (C=O) groups is 1. The van der Waals surface area contributed by atoms with Gasteiger partial charge in [-0.15, -0.1) is 10.2 Å². The summed E-state index contributed by atoms with van der Waals surface area (Å²) in [5.74, 6) is 5.64. The summed E-state index contributed by atoms with van der Waals surface area (Å²) >= 11 is 0.890. The number of nitrogens with one attached hydrogen (secondary N) is 1. The lowest BCUT2D eigenvalue weighted by molar-refractivity contribution is -0.137. The number of nitrogens with two attached hydrogens (primary N) is 1. The van der Waals surface area contributed by atoms with Crippen molar-refractivity contribution in [3.63, 3.8) is 0 Å². The normalized spacial score (nSPS) is 13.1. The van der Waals surface area contributed by atoms with Gasteiger partial charge < -0.3 is 15.6 Å². The van der Waals surface area contributed by atoms with E-state index >= 15 is 0 Å². The predicted octanol–water partition coefficient (Wildman–Crippen LogP) is 1.41. The van der Waals surface area contributed by atoms with Gasteiger partial charge in [-0.3, -0.25) is 4.79 Å². The standard InChI is InChI=1S/C11H12F3N5O2S/c1-6(9(20)16-5-11(12,13)14)22-10-18-17-8(19(10)15)7-3-2-4-21-7/h2-4,6H,5,15H2,1H3,(H,16,20). The minimum absolute atomic E-state index is 0.182. The highest BCUT2D eigenvalue weighted by Crippen LogP contribution is 2.25. The van der Waals surface area contributed by atoms with Crippen LogP contribution in [0.15, 0.2) is 28.0 Å². The van der Waals surface area contributed by atoms with E-state index in [1.165, 1.54) is 13.2 Å². The predicted molar refractivity (Wildman–Crippen MR) is 72.3 cm³/mol. The van der Waals surface area contributed by atoms with Gasteiger partial charge in [0, 0.05) is 0 Å². The number of aromatic nitrogens is 3. The van der Waals surface area contributed by atoms with Crippen molar-refractivity contribution in [1.29, 1.82) is 0 Å². The van der Waals surface area contributed by atoms with Gasteiger partial charge in [0.15, 0.2) is 5.76 Å². The van der Waals surface area contributed by atoms with Gasteiger partial charge in [0.2, 0.25) is 16.9 Å². The molecule has 22 heavy (non-hydrogen) atoms. The molecule has 0 radical (unpaired) electrons. The summed E-state index contributed by atoms with van der Waals surface area (Å²) in [6.45, 7) is 0.0569. The molecule has 0 bridgehead atoms. The maximum atomic E-state index is 12.1. The van der Waals surface area contributed by atoms with E-state index in [9.17, 15) is 18.0 Å². The fourth-order valence-electron chi connectivity index (χ4n) is 1.47. The highest BCUT2D eigenvalue weighted by molar-refractivity contribution is 8.00. The van der Waals surface area contributed by atoms with Crippen molar-refractivity contribution in [3.05, 3.63) is 18.4 Å². The Kier molecular flexibility index (Phi) is 4.64.